The van der Waals surface area contributed by atoms with Crippen molar-refractivity contribution in [2.45, 2.75) is 12.3 Å². The Morgan fingerprint density at radius 3 is 2.30 bits per heavy atom. The highest BCUT2D eigenvalue weighted by Crippen LogP contribution is 2.32. The Hall–Kier alpha value is -2.84. The maximum absolute atomic E-state index is 10.8. The van der Waals surface area contributed by atoms with Crippen molar-refractivity contribution in [1.29, 1.82) is 0 Å². The topological polar surface area (TPSA) is 108 Å². The predicted octanol–water partition coefficient (Wildman–Crippen LogP) is 2.86. The van der Waals surface area contributed by atoms with Gasteiger partial charge < -0.3 is 4.74 Å². The van der Waals surface area contributed by atoms with E-state index in [1.165, 1.54) is 24.3 Å². The molecule has 2 aromatic carbocycles. The molecule has 8 nitrogen and oxygen atoms in total. The summed E-state index contributed by atoms with van der Waals surface area (Å²) in [7, 11) is 0. The molecule has 1 N–H and O–H groups in total. The van der Waals surface area contributed by atoms with Crippen molar-refractivity contribution in [2.75, 3.05) is 6.54 Å². The second-order valence-electron chi connectivity index (χ2n) is 5.11. The minimum Gasteiger partial charge on any atom is -0.350 e. The fraction of sp³-hybridized carbons (Fsp3) is 0.200. The van der Waals surface area contributed by atoms with E-state index in [1.807, 2.05) is 0 Å². The zero-order valence-electron chi connectivity index (χ0n) is 11.9. The summed E-state index contributed by atoms with van der Waals surface area (Å²) < 4.78 is 5.87. The van der Waals surface area contributed by atoms with E-state index in [0.29, 0.717) is 12.1 Å². The molecule has 0 radical (unpaired) electrons. The van der Waals surface area contributed by atoms with E-state index in [1.54, 1.807) is 24.3 Å². The van der Waals surface area contributed by atoms with Gasteiger partial charge in [0.25, 0.3) is 11.4 Å². The van der Waals surface area contributed by atoms with Gasteiger partial charge in [0, 0.05) is 36.4 Å². The molecule has 2 aromatic rings. The summed E-state index contributed by atoms with van der Waals surface area (Å²) in [4.78, 5) is 20.6. The Kier molecular flexibility index (Phi) is 4.00. The lowest BCUT2D eigenvalue weighted by Gasteiger charge is -2.13. The molecule has 118 valence electrons. The smallest absolute Gasteiger partial charge is 0.269 e. The lowest BCUT2D eigenvalue weighted by atomic mass is 10.1. The van der Waals surface area contributed by atoms with Crippen LogP contribution in [0.2, 0.25) is 0 Å². The van der Waals surface area contributed by atoms with Gasteiger partial charge in [0.2, 0.25) is 0 Å². The Labute approximate surface area is 131 Å². The highest BCUT2D eigenvalue weighted by molar-refractivity contribution is 5.36. The molecule has 0 amide bonds. The van der Waals surface area contributed by atoms with Crippen LogP contribution in [0.4, 0.5) is 11.4 Å². The van der Waals surface area contributed by atoms with Crippen molar-refractivity contribution in [2.24, 2.45) is 0 Å². The Morgan fingerprint density at radius 1 is 0.957 bits per heavy atom. The van der Waals surface area contributed by atoms with Crippen LogP contribution in [0, 0.1) is 20.2 Å². The molecule has 1 fully saturated rings. The Morgan fingerprint density at radius 2 is 1.65 bits per heavy atom. The number of rotatable bonds is 4. The van der Waals surface area contributed by atoms with Crippen LogP contribution in [0.1, 0.15) is 23.5 Å². The van der Waals surface area contributed by atoms with E-state index in [0.717, 1.165) is 5.56 Å². The molecular weight excluding hydrogens is 302 g/mol. The van der Waals surface area contributed by atoms with Gasteiger partial charge >= 0.3 is 0 Å². The zero-order chi connectivity index (χ0) is 16.4. The molecule has 1 aliphatic rings. The number of hydrogen-bond donors (Lipinski definition) is 1. The summed E-state index contributed by atoms with van der Waals surface area (Å²) in [6.45, 7) is 0.519. The number of nitrogens with zero attached hydrogens (tertiary/aromatic N) is 2. The van der Waals surface area contributed by atoms with E-state index >= 15 is 0 Å². The molecule has 1 saturated heterocycles. The molecule has 3 rings (SSSR count). The van der Waals surface area contributed by atoms with Crippen LogP contribution in [-0.2, 0) is 4.74 Å². The third-order valence-corrected chi connectivity index (χ3v) is 3.65. The summed E-state index contributed by atoms with van der Waals surface area (Å²) in [6, 6.07) is 12.4. The number of ether oxygens (including phenoxy) is 1. The standard InChI is InChI=1S/C15H13N3O5/c19-17(20)12-6-4-10(5-7-12)14-9-16-15(23-14)11-2-1-3-13(8-11)18(21)22/h1-8,14-16H,9H2/t14-,15+/m1/s1. The second kappa shape index (κ2) is 6.11. The van der Waals surface area contributed by atoms with Crippen LogP contribution in [-0.4, -0.2) is 16.4 Å². The molecule has 0 aromatic heterocycles. The first-order valence-electron chi connectivity index (χ1n) is 6.92. The summed E-state index contributed by atoms with van der Waals surface area (Å²) in [5, 5.41) is 24.6. The average Bonchev–Trinajstić information content (AvgIpc) is 3.05. The first kappa shape index (κ1) is 15.1. The maximum atomic E-state index is 10.8. The molecule has 8 heteroatoms. The summed E-state index contributed by atoms with van der Waals surface area (Å²) in [5.74, 6) is 0. The molecule has 0 aliphatic carbocycles. The fourth-order valence-electron chi connectivity index (χ4n) is 2.48. The van der Waals surface area contributed by atoms with Crippen LogP contribution < -0.4 is 5.32 Å². The third kappa shape index (κ3) is 3.17. The molecule has 0 spiro atoms. The maximum Gasteiger partial charge on any atom is 0.269 e. The summed E-state index contributed by atoms with van der Waals surface area (Å²) in [6.07, 6.45) is -0.713. The van der Waals surface area contributed by atoms with Crippen LogP contribution in [0.25, 0.3) is 0 Å². The SMILES string of the molecule is O=[N+]([O-])c1ccc([C@H]2CN[C@H](c3cccc([N+](=O)[O-])c3)O2)cc1. The van der Waals surface area contributed by atoms with Crippen LogP contribution >= 0.6 is 0 Å². The molecule has 1 aliphatic heterocycles. The molecule has 23 heavy (non-hydrogen) atoms. The quantitative estimate of drug-likeness (QED) is 0.686. The van der Waals surface area contributed by atoms with Gasteiger partial charge in [-0.2, -0.15) is 0 Å². The number of benzene rings is 2. The molecule has 0 saturated carbocycles. The number of nitro groups is 2. The van der Waals surface area contributed by atoms with Crippen molar-refractivity contribution in [3.63, 3.8) is 0 Å². The molecule has 0 unspecified atom stereocenters. The third-order valence-electron chi connectivity index (χ3n) is 3.65. The van der Waals surface area contributed by atoms with E-state index in [4.69, 9.17) is 4.74 Å². The lowest BCUT2D eigenvalue weighted by molar-refractivity contribution is -0.385. The van der Waals surface area contributed by atoms with E-state index in [-0.39, 0.29) is 17.5 Å². The van der Waals surface area contributed by atoms with Gasteiger partial charge in [0.1, 0.15) is 6.23 Å². The highest BCUT2D eigenvalue weighted by atomic mass is 16.6. The average molecular weight is 315 g/mol. The zero-order valence-corrected chi connectivity index (χ0v) is 11.9. The van der Waals surface area contributed by atoms with Crippen LogP contribution in [0.15, 0.2) is 48.5 Å². The number of nitrogens with one attached hydrogen (secondary N) is 1. The van der Waals surface area contributed by atoms with E-state index < -0.39 is 16.1 Å². The second-order valence-corrected chi connectivity index (χ2v) is 5.11. The van der Waals surface area contributed by atoms with Crippen molar-refractivity contribution in [3.05, 3.63) is 79.9 Å². The van der Waals surface area contributed by atoms with Crippen molar-refractivity contribution < 1.29 is 14.6 Å². The van der Waals surface area contributed by atoms with Crippen LogP contribution in [0.3, 0.4) is 0 Å². The molecular formula is C15H13N3O5. The van der Waals surface area contributed by atoms with Gasteiger partial charge in [-0.25, -0.2) is 0 Å². The fourth-order valence-corrected chi connectivity index (χ4v) is 2.48. The number of hydrogen-bond acceptors (Lipinski definition) is 6. The number of non-ortho nitro benzene ring substituents is 2. The van der Waals surface area contributed by atoms with Gasteiger partial charge in [-0.15, -0.1) is 0 Å². The lowest BCUT2D eigenvalue weighted by Crippen LogP contribution is -2.14. The first-order chi connectivity index (χ1) is 11.0. The minimum absolute atomic E-state index is 0.00619. The van der Waals surface area contributed by atoms with Crippen molar-refractivity contribution in [3.8, 4) is 0 Å². The van der Waals surface area contributed by atoms with Gasteiger partial charge in [-0.05, 0) is 17.7 Å². The van der Waals surface area contributed by atoms with Gasteiger partial charge in [-0.3, -0.25) is 25.5 Å². The number of nitro benzene ring substituents is 2. The molecule has 0 bridgehead atoms. The summed E-state index contributed by atoms with van der Waals surface area (Å²) in [5.41, 5.74) is 1.52. The van der Waals surface area contributed by atoms with E-state index in [9.17, 15) is 20.2 Å². The summed E-state index contributed by atoms with van der Waals surface area (Å²) >= 11 is 0. The van der Waals surface area contributed by atoms with Crippen molar-refractivity contribution >= 4 is 11.4 Å². The predicted molar refractivity (Wildman–Crippen MR) is 80.8 cm³/mol. The normalized spacial score (nSPS) is 20.3. The Balaban J connectivity index is 1.74. The molecule has 1 heterocycles. The van der Waals surface area contributed by atoms with Gasteiger partial charge in [0.15, 0.2) is 0 Å². The van der Waals surface area contributed by atoms with Gasteiger partial charge in [-0.1, -0.05) is 12.1 Å². The van der Waals surface area contributed by atoms with Gasteiger partial charge in [0.05, 0.1) is 16.0 Å². The minimum atomic E-state index is -0.455. The largest absolute Gasteiger partial charge is 0.350 e. The monoisotopic (exact) mass is 315 g/mol. The van der Waals surface area contributed by atoms with Crippen LogP contribution in [0.5, 0.6) is 0 Å². The van der Waals surface area contributed by atoms with E-state index in [2.05, 4.69) is 5.32 Å². The van der Waals surface area contributed by atoms with Crippen molar-refractivity contribution in [1.82, 2.24) is 5.32 Å². The highest BCUT2D eigenvalue weighted by Gasteiger charge is 2.28. The molecule has 2 atom stereocenters. The Bertz CT molecular complexity index is 747. The first-order valence-corrected chi connectivity index (χ1v) is 6.92.